The minimum absolute atomic E-state index is 0.202. The molecule has 0 aromatic carbocycles. The molecule has 2 aliphatic rings. The number of halogens is 1. The first kappa shape index (κ1) is 10.7. The minimum atomic E-state index is 0.202. The highest BCUT2D eigenvalue weighted by Crippen LogP contribution is 2.20. The Bertz CT molecular complexity index is 185. The van der Waals surface area contributed by atoms with E-state index in [1.807, 2.05) is 0 Å². The number of rotatable bonds is 2. The fraction of sp³-hybridized carbons (Fsp3) is 1.00. The lowest BCUT2D eigenvalue weighted by molar-refractivity contribution is -0.0649. The monoisotopic (exact) mass is 219 g/mol. The quantitative estimate of drug-likeness (QED) is 0.650. The van der Waals surface area contributed by atoms with Crippen molar-refractivity contribution < 1.29 is 9.47 Å². The van der Waals surface area contributed by atoms with Crippen molar-refractivity contribution in [3.05, 3.63) is 0 Å². The zero-order valence-corrected chi connectivity index (χ0v) is 9.37. The van der Waals surface area contributed by atoms with Crippen molar-refractivity contribution >= 4 is 11.6 Å². The first-order valence-electron chi connectivity index (χ1n) is 5.32. The van der Waals surface area contributed by atoms with E-state index in [4.69, 9.17) is 21.1 Å². The molecule has 2 heterocycles. The zero-order chi connectivity index (χ0) is 9.97. The zero-order valence-electron chi connectivity index (χ0n) is 8.62. The molecule has 82 valence electrons. The number of hydrogen-bond donors (Lipinski definition) is 0. The van der Waals surface area contributed by atoms with E-state index in [9.17, 15) is 0 Å². The van der Waals surface area contributed by atoms with Gasteiger partial charge in [-0.3, -0.25) is 4.90 Å². The van der Waals surface area contributed by atoms with E-state index in [1.54, 1.807) is 0 Å². The molecule has 2 saturated heterocycles. The molecule has 0 aromatic heterocycles. The highest BCUT2D eigenvalue weighted by molar-refractivity contribution is 6.18. The molecule has 0 bridgehead atoms. The highest BCUT2D eigenvalue weighted by atomic mass is 35.5. The van der Waals surface area contributed by atoms with Gasteiger partial charge in [-0.1, -0.05) is 0 Å². The fourth-order valence-corrected chi connectivity index (χ4v) is 2.41. The van der Waals surface area contributed by atoms with Gasteiger partial charge in [0.25, 0.3) is 0 Å². The fourth-order valence-electron chi connectivity index (χ4n) is 2.22. The van der Waals surface area contributed by atoms with Gasteiger partial charge in [0.1, 0.15) is 0 Å². The summed E-state index contributed by atoms with van der Waals surface area (Å²) in [5, 5.41) is 0. The summed E-state index contributed by atoms with van der Waals surface area (Å²) in [5.74, 6) is 0.594. The molecule has 3 unspecified atom stereocenters. The van der Waals surface area contributed by atoms with Crippen LogP contribution in [-0.4, -0.2) is 55.3 Å². The van der Waals surface area contributed by atoms with Crippen LogP contribution in [0.2, 0.25) is 0 Å². The van der Waals surface area contributed by atoms with Crippen LogP contribution < -0.4 is 0 Å². The maximum Gasteiger partial charge on any atom is 0.0838 e. The third-order valence-electron chi connectivity index (χ3n) is 3.10. The van der Waals surface area contributed by atoms with Gasteiger partial charge in [0.05, 0.1) is 19.3 Å². The normalized spacial score (nSPS) is 40.3. The summed E-state index contributed by atoms with van der Waals surface area (Å²) in [4.78, 5) is 2.49. The Hall–Kier alpha value is 0.170. The Morgan fingerprint density at radius 1 is 1.43 bits per heavy atom. The van der Waals surface area contributed by atoms with Gasteiger partial charge in [-0.2, -0.15) is 0 Å². The van der Waals surface area contributed by atoms with Crippen molar-refractivity contribution in [2.45, 2.75) is 31.5 Å². The van der Waals surface area contributed by atoms with Crippen LogP contribution in [0.5, 0.6) is 0 Å². The molecule has 0 spiro atoms. The third kappa shape index (κ3) is 2.22. The van der Waals surface area contributed by atoms with Crippen molar-refractivity contribution in [3.63, 3.8) is 0 Å². The molecule has 2 aliphatic heterocycles. The van der Waals surface area contributed by atoms with Gasteiger partial charge in [-0.15, -0.1) is 11.6 Å². The molecule has 2 fully saturated rings. The molecule has 3 atom stereocenters. The molecule has 14 heavy (non-hydrogen) atoms. The standard InChI is InChI=1S/C10H18ClNO2/c1-8-6-14-10(4-11)5-12(8)9-2-3-13-7-9/h8-10H,2-7H2,1H3. The van der Waals surface area contributed by atoms with Gasteiger partial charge in [-0.25, -0.2) is 0 Å². The summed E-state index contributed by atoms with van der Waals surface area (Å²) in [6.45, 7) is 5.75. The van der Waals surface area contributed by atoms with Gasteiger partial charge in [-0.05, 0) is 13.3 Å². The number of morpholine rings is 1. The first-order valence-corrected chi connectivity index (χ1v) is 5.85. The number of ether oxygens (including phenoxy) is 2. The summed E-state index contributed by atoms with van der Waals surface area (Å²) in [7, 11) is 0. The molecular weight excluding hydrogens is 202 g/mol. The number of nitrogens with zero attached hydrogens (tertiary/aromatic N) is 1. The maximum atomic E-state index is 5.82. The highest BCUT2D eigenvalue weighted by Gasteiger charge is 2.32. The lowest BCUT2D eigenvalue weighted by Gasteiger charge is -2.40. The summed E-state index contributed by atoms with van der Waals surface area (Å²) < 4.78 is 11.0. The lowest BCUT2D eigenvalue weighted by Crippen LogP contribution is -2.53. The second-order valence-corrected chi connectivity index (χ2v) is 4.48. The van der Waals surface area contributed by atoms with Crippen molar-refractivity contribution in [2.24, 2.45) is 0 Å². The van der Waals surface area contributed by atoms with E-state index >= 15 is 0 Å². The van der Waals surface area contributed by atoms with Crippen LogP contribution in [0.15, 0.2) is 0 Å². The van der Waals surface area contributed by atoms with Crippen LogP contribution in [-0.2, 0) is 9.47 Å². The largest absolute Gasteiger partial charge is 0.380 e. The topological polar surface area (TPSA) is 21.7 Å². The third-order valence-corrected chi connectivity index (χ3v) is 3.44. The van der Waals surface area contributed by atoms with E-state index in [2.05, 4.69) is 11.8 Å². The van der Waals surface area contributed by atoms with Crippen LogP contribution in [0, 0.1) is 0 Å². The minimum Gasteiger partial charge on any atom is -0.380 e. The van der Waals surface area contributed by atoms with E-state index in [-0.39, 0.29) is 6.10 Å². The first-order chi connectivity index (χ1) is 6.81. The molecule has 3 nitrogen and oxygen atoms in total. The smallest absolute Gasteiger partial charge is 0.0838 e. The average molecular weight is 220 g/mol. The summed E-state index contributed by atoms with van der Waals surface area (Å²) in [6, 6.07) is 1.08. The maximum absolute atomic E-state index is 5.82. The molecule has 0 amide bonds. The molecule has 0 saturated carbocycles. The second kappa shape index (κ2) is 4.79. The molecule has 0 N–H and O–H groups in total. The summed E-state index contributed by atoms with van der Waals surface area (Å²) in [6.07, 6.45) is 1.35. The Labute approximate surface area is 90.3 Å². The van der Waals surface area contributed by atoms with Crippen molar-refractivity contribution in [1.82, 2.24) is 4.90 Å². The Morgan fingerprint density at radius 3 is 2.93 bits per heavy atom. The molecule has 4 heteroatoms. The summed E-state index contributed by atoms with van der Waals surface area (Å²) >= 11 is 5.82. The van der Waals surface area contributed by atoms with E-state index in [0.717, 1.165) is 32.8 Å². The Morgan fingerprint density at radius 2 is 2.29 bits per heavy atom. The van der Waals surface area contributed by atoms with Gasteiger partial charge >= 0.3 is 0 Å². The van der Waals surface area contributed by atoms with Crippen molar-refractivity contribution in [3.8, 4) is 0 Å². The SMILES string of the molecule is CC1COC(CCl)CN1C1CCOC1. The Kier molecular flexibility index (Phi) is 3.66. The van der Waals surface area contributed by atoms with Crippen LogP contribution in [0.3, 0.4) is 0 Å². The predicted octanol–water partition coefficient (Wildman–Crippen LogP) is 1.10. The van der Waals surface area contributed by atoms with Crippen LogP contribution in [0.4, 0.5) is 0 Å². The van der Waals surface area contributed by atoms with Gasteiger partial charge in [0.2, 0.25) is 0 Å². The van der Waals surface area contributed by atoms with Crippen LogP contribution >= 0.6 is 11.6 Å². The van der Waals surface area contributed by atoms with E-state index in [1.165, 1.54) is 0 Å². The van der Waals surface area contributed by atoms with Crippen LogP contribution in [0.1, 0.15) is 13.3 Å². The molecule has 0 aromatic rings. The number of hydrogen-bond acceptors (Lipinski definition) is 3. The van der Waals surface area contributed by atoms with Crippen molar-refractivity contribution in [2.75, 3.05) is 32.2 Å². The van der Waals surface area contributed by atoms with Crippen molar-refractivity contribution in [1.29, 1.82) is 0 Å². The van der Waals surface area contributed by atoms with E-state index in [0.29, 0.717) is 18.0 Å². The molecular formula is C10H18ClNO2. The van der Waals surface area contributed by atoms with Gasteiger partial charge < -0.3 is 9.47 Å². The van der Waals surface area contributed by atoms with E-state index < -0.39 is 0 Å². The average Bonchev–Trinajstić information content (AvgIpc) is 2.71. The molecule has 0 aliphatic carbocycles. The predicted molar refractivity (Wildman–Crippen MR) is 55.9 cm³/mol. The van der Waals surface area contributed by atoms with Crippen LogP contribution in [0.25, 0.3) is 0 Å². The van der Waals surface area contributed by atoms with Gasteiger partial charge in [0, 0.05) is 31.1 Å². The second-order valence-electron chi connectivity index (χ2n) is 4.17. The molecule has 2 rings (SSSR count). The molecule has 0 radical (unpaired) electrons. The number of alkyl halides is 1. The summed E-state index contributed by atoms with van der Waals surface area (Å²) in [5.41, 5.74) is 0. The Balaban J connectivity index is 1.93. The lowest BCUT2D eigenvalue weighted by atomic mass is 10.1. The van der Waals surface area contributed by atoms with Gasteiger partial charge in [0.15, 0.2) is 0 Å².